The molecule has 1 aromatic heterocycles. The minimum Gasteiger partial charge on any atom is -0.464 e. The van der Waals surface area contributed by atoms with Crippen molar-refractivity contribution in [1.82, 2.24) is 20.6 Å². The first-order valence-electron chi connectivity index (χ1n) is 9.45. The van der Waals surface area contributed by atoms with Crippen LogP contribution in [0.25, 0.3) is 0 Å². The third kappa shape index (κ3) is 11.0. The van der Waals surface area contributed by atoms with Crippen LogP contribution >= 0.6 is 0 Å². The van der Waals surface area contributed by atoms with E-state index >= 15 is 0 Å². The van der Waals surface area contributed by atoms with Gasteiger partial charge in [-0.25, -0.2) is 4.98 Å². The number of carbonyl (C=O) groups excluding carboxylic acids is 3. The summed E-state index contributed by atoms with van der Waals surface area (Å²) in [6.07, 6.45) is 10.0. The highest BCUT2D eigenvalue weighted by molar-refractivity contribution is 5.88. The van der Waals surface area contributed by atoms with Crippen molar-refractivity contribution in [3.8, 4) is 0 Å². The van der Waals surface area contributed by atoms with Gasteiger partial charge in [0.1, 0.15) is 6.54 Å². The zero-order valence-electron chi connectivity index (χ0n) is 16.0. The summed E-state index contributed by atoms with van der Waals surface area (Å²) < 4.78 is 5.05. The maximum Gasteiger partial charge on any atom is 0.325 e. The van der Waals surface area contributed by atoms with Crippen molar-refractivity contribution in [1.29, 1.82) is 0 Å². The summed E-state index contributed by atoms with van der Waals surface area (Å²) >= 11 is 0. The van der Waals surface area contributed by atoms with Gasteiger partial charge in [-0.2, -0.15) is 0 Å². The number of ether oxygens (including phenoxy) is 1. The molecule has 9 nitrogen and oxygen atoms in total. The third-order valence-electron chi connectivity index (χ3n) is 3.95. The summed E-state index contributed by atoms with van der Waals surface area (Å²) in [7, 11) is 0. The number of hydrogen-bond donors (Lipinski definition) is 4. The molecule has 1 atom stereocenters. The fourth-order valence-electron chi connectivity index (χ4n) is 2.38. The molecule has 0 unspecified atom stereocenters. The molecule has 2 amide bonds. The molecule has 27 heavy (non-hydrogen) atoms. The minimum atomic E-state index is -0.791. The first-order valence-corrected chi connectivity index (χ1v) is 9.45. The molecule has 5 N–H and O–H groups in total. The zero-order valence-corrected chi connectivity index (χ0v) is 16.0. The first kappa shape index (κ1) is 22.6. The van der Waals surface area contributed by atoms with Crippen LogP contribution in [0.5, 0.6) is 0 Å². The summed E-state index contributed by atoms with van der Waals surface area (Å²) in [4.78, 5) is 41.8. The van der Waals surface area contributed by atoms with Crippen molar-refractivity contribution in [2.45, 2.75) is 57.9 Å². The lowest BCUT2D eigenvalue weighted by atomic mass is 10.1. The quantitative estimate of drug-likeness (QED) is 0.272. The number of aromatic nitrogens is 2. The lowest BCUT2D eigenvalue weighted by molar-refractivity contribution is -0.144. The topological polar surface area (TPSA) is 139 Å². The number of hydrogen-bond acceptors (Lipinski definition) is 6. The van der Waals surface area contributed by atoms with E-state index in [9.17, 15) is 14.4 Å². The molecule has 1 aromatic rings. The van der Waals surface area contributed by atoms with Gasteiger partial charge in [0.2, 0.25) is 11.8 Å². The van der Waals surface area contributed by atoms with Gasteiger partial charge in [-0.05, 0) is 6.42 Å². The van der Waals surface area contributed by atoms with Gasteiger partial charge in [0.25, 0.3) is 0 Å². The number of nitrogens with one attached hydrogen (secondary N) is 3. The van der Waals surface area contributed by atoms with Crippen molar-refractivity contribution in [2.24, 2.45) is 5.73 Å². The van der Waals surface area contributed by atoms with Crippen molar-refractivity contribution in [2.75, 3.05) is 19.7 Å². The van der Waals surface area contributed by atoms with Gasteiger partial charge >= 0.3 is 5.97 Å². The van der Waals surface area contributed by atoms with E-state index in [2.05, 4.69) is 27.5 Å². The molecular formula is C18H31N5O4. The predicted octanol–water partition coefficient (Wildman–Crippen LogP) is 0.416. The number of H-pyrrole nitrogens is 1. The number of esters is 1. The van der Waals surface area contributed by atoms with E-state index in [4.69, 9.17) is 10.5 Å². The number of amides is 2. The molecule has 1 rings (SSSR count). The van der Waals surface area contributed by atoms with E-state index in [-0.39, 0.29) is 19.5 Å². The second-order valence-corrected chi connectivity index (χ2v) is 6.37. The average Bonchev–Trinajstić information content (AvgIpc) is 3.16. The van der Waals surface area contributed by atoms with Crippen LogP contribution in [-0.4, -0.2) is 53.5 Å². The standard InChI is InChI=1S/C18H31N5O4/c1-2-3-4-5-6-7-8-27-17(25)12-21-16(24)11-22-18(26)15(19)9-14-10-20-13-23-14/h10,13,15H,2-9,11-12,19H2,1H3,(H,20,23)(H,21,24)(H,22,26)/t15-/m0/s1. The van der Waals surface area contributed by atoms with E-state index < -0.39 is 23.8 Å². The Bertz CT molecular complexity index is 562. The van der Waals surface area contributed by atoms with Gasteiger partial charge < -0.3 is 26.1 Å². The van der Waals surface area contributed by atoms with Gasteiger partial charge in [-0.1, -0.05) is 39.0 Å². The fraction of sp³-hybridized carbons (Fsp3) is 0.667. The smallest absolute Gasteiger partial charge is 0.325 e. The van der Waals surface area contributed by atoms with Crippen LogP contribution in [0.2, 0.25) is 0 Å². The van der Waals surface area contributed by atoms with Gasteiger partial charge in [-0.15, -0.1) is 0 Å². The van der Waals surface area contributed by atoms with E-state index in [1.54, 1.807) is 6.20 Å². The Labute approximate surface area is 159 Å². The summed E-state index contributed by atoms with van der Waals surface area (Å²) in [5.74, 6) is -1.42. The Balaban J connectivity index is 2.05. The highest BCUT2D eigenvalue weighted by Gasteiger charge is 2.16. The van der Waals surface area contributed by atoms with Crippen LogP contribution in [-0.2, 0) is 25.5 Å². The second-order valence-electron chi connectivity index (χ2n) is 6.37. The van der Waals surface area contributed by atoms with Crippen molar-refractivity contribution < 1.29 is 19.1 Å². The number of nitrogens with two attached hydrogens (primary N) is 1. The molecule has 0 bridgehead atoms. The van der Waals surface area contributed by atoms with Crippen molar-refractivity contribution >= 4 is 17.8 Å². The van der Waals surface area contributed by atoms with E-state index in [1.165, 1.54) is 25.6 Å². The summed E-state index contributed by atoms with van der Waals surface area (Å²) in [5, 5.41) is 4.84. The van der Waals surface area contributed by atoms with Crippen molar-refractivity contribution in [3.05, 3.63) is 18.2 Å². The van der Waals surface area contributed by atoms with Crippen LogP contribution < -0.4 is 16.4 Å². The molecule has 0 saturated carbocycles. The third-order valence-corrected chi connectivity index (χ3v) is 3.95. The Morgan fingerprint density at radius 1 is 1.15 bits per heavy atom. The summed E-state index contributed by atoms with van der Waals surface area (Å²) in [5.41, 5.74) is 6.49. The fourth-order valence-corrected chi connectivity index (χ4v) is 2.38. The predicted molar refractivity (Wildman–Crippen MR) is 101 cm³/mol. The first-order chi connectivity index (χ1) is 13.0. The van der Waals surface area contributed by atoms with E-state index in [1.807, 2.05) is 0 Å². The molecule has 9 heteroatoms. The lowest BCUT2D eigenvalue weighted by Crippen LogP contribution is -2.46. The molecule has 152 valence electrons. The van der Waals surface area contributed by atoms with Crippen molar-refractivity contribution in [3.63, 3.8) is 0 Å². The molecule has 0 fully saturated rings. The van der Waals surface area contributed by atoms with Gasteiger partial charge in [0.15, 0.2) is 0 Å². The number of aromatic amines is 1. The van der Waals surface area contributed by atoms with Crippen LogP contribution in [0.4, 0.5) is 0 Å². The second kappa shape index (κ2) is 13.7. The molecule has 0 aliphatic rings. The largest absolute Gasteiger partial charge is 0.464 e. The zero-order chi connectivity index (χ0) is 19.9. The SMILES string of the molecule is CCCCCCCCOC(=O)CNC(=O)CNC(=O)[C@@H](N)Cc1cnc[nH]1. The van der Waals surface area contributed by atoms with Gasteiger partial charge in [-0.3, -0.25) is 14.4 Å². The van der Waals surface area contributed by atoms with E-state index in [0.29, 0.717) is 6.61 Å². The number of carbonyl (C=O) groups is 3. The summed E-state index contributed by atoms with van der Waals surface area (Å²) in [6.45, 7) is 2.06. The number of unbranched alkanes of at least 4 members (excludes halogenated alkanes) is 5. The number of rotatable bonds is 14. The molecule has 0 saturated heterocycles. The molecule has 1 heterocycles. The Hall–Kier alpha value is -2.42. The van der Waals surface area contributed by atoms with Crippen LogP contribution in [0.3, 0.4) is 0 Å². The number of nitrogens with zero attached hydrogens (tertiary/aromatic N) is 1. The van der Waals surface area contributed by atoms with Crippen LogP contribution in [0, 0.1) is 0 Å². The Morgan fingerprint density at radius 3 is 2.59 bits per heavy atom. The minimum absolute atomic E-state index is 0.218. The summed E-state index contributed by atoms with van der Waals surface area (Å²) in [6, 6.07) is -0.791. The molecule has 0 aliphatic carbocycles. The van der Waals surface area contributed by atoms with Crippen LogP contribution in [0.15, 0.2) is 12.5 Å². The maximum absolute atomic E-state index is 11.8. The van der Waals surface area contributed by atoms with Gasteiger partial charge in [0, 0.05) is 18.3 Å². The monoisotopic (exact) mass is 381 g/mol. The van der Waals surface area contributed by atoms with E-state index in [0.717, 1.165) is 25.0 Å². The molecular weight excluding hydrogens is 350 g/mol. The normalized spacial score (nSPS) is 11.6. The highest BCUT2D eigenvalue weighted by Crippen LogP contribution is 2.04. The number of imidazole rings is 1. The Morgan fingerprint density at radius 2 is 1.89 bits per heavy atom. The molecule has 0 radical (unpaired) electrons. The average molecular weight is 381 g/mol. The Kier molecular flexibility index (Phi) is 11.5. The molecule has 0 spiro atoms. The molecule has 0 aromatic carbocycles. The lowest BCUT2D eigenvalue weighted by Gasteiger charge is -2.11. The highest BCUT2D eigenvalue weighted by atomic mass is 16.5. The molecule has 0 aliphatic heterocycles. The van der Waals surface area contributed by atoms with Crippen LogP contribution in [0.1, 0.15) is 51.1 Å². The maximum atomic E-state index is 11.8. The van der Waals surface area contributed by atoms with Gasteiger partial charge in [0.05, 0.1) is 25.5 Å².